The molecule has 2 aromatic heterocycles. The van der Waals surface area contributed by atoms with E-state index in [1.54, 1.807) is 0 Å². The highest BCUT2D eigenvalue weighted by Crippen LogP contribution is 2.44. The van der Waals surface area contributed by atoms with Crippen LogP contribution < -0.4 is 15.0 Å². The van der Waals surface area contributed by atoms with E-state index in [9.17, 15) is 0 Å². The van der Waals surface area contributed by atoms with E-state index in [0.717, 1.165) is 22.9 Å². The molecular weight excluding hydrogens is 524 g/mol. The first-order valence-electron chi connectivity index (χ1n) is 13.9. The molecule has 5 nitrogen and oxygen atoms in total. The van der Waals surface area contributed by atoms with Crippen LogP contribution in [0, 0.1) is 34.6 Å². The molecule has 1 aliphatic heterocycles. The third kappa shape index (κ3) is 5.00. The minimum Gasteiger partial charge on any atom is -0.457 e. The molecule has 0 amide bonds. The topological polar surface area (TPSA) is 42.3 Å². The molecular formula is C35H34N4OS. The molecule has 0 aliphatic carbocycles. The predicted octanol–water partition coefficient (Wildman–Crippen LogP) is 8.38. The SMILES string of the molecule is Cc1ccc(Oc2ccc(N3C(=S)NC(c4ccccn4)C3c3cc(C)n(-c4cccc(C)c4C)c3C)cc2)cc1. The summed E-state index contributed by atoms with van der Waals surface area (Å²) in [7, 11) is 0. The fourth-order valence-electron chi connectivity index (χ4n) is 5.80. The van der Waals surface area contributed by atoms with Crippen LogP contribution in [0.4, 0.5) is 5.69 Å². The molecule has 2 atom stereocenters. The lowest BCUT2D eigenvalue weighted by Crippen LogP contribution is -2.29. The molecule has 1 N–H and O–H groups in total. The third-order valence-electron chi connectivity index (χ3n) is 8.08. The Morgan fingerprint density at radius 1 is 0.805 bits per heavy atom. The molecule has 6 rings (SSSR count). The van der Waals surface area contributed by atoms with Crippen LogP contribution in [-0.2, 0) is 0 Å². The standard InChI is InChI=1S/C35H34N4OS/c1-22-12-16-28(17-13-22)40-29-18-14-27(15-19-29)39-34(33(37-35(39)41)31-10-6-7-20-36-31)30-21-24(3)38(26(30)5)32-11-8-9-23(2)25(32)4/h6-21,33-34H,1-5H3,(H,37,41). The summed E-state index contributed by atoms with van der Waals surface area (Å²) < 4.78 is 8.47. The van der Waals surface area contributed by atoms with Crippen molar-refractivity contribution < 1.29 is 4.74 Å². The van der Waals surface area contributed by atoms with E-state index in [-0.39, 0.29) is 12.1 Å². The molecule has 6 heteroatoms. The minimum atomic E-state index is -0.111. The highest BCUT2D eigenvalue weighted by atomic mass is 32.1. The number of nitrogens with one attached hydrogen (secondary N) is 1. The number of thiocarbonyl (C=S) groups is 1. The van der Waals surface area contributed by atoms with Crippen molar-refractivity contribution >= 4 is 23.0 Å². The number of benzene rings is 3. The minimum absolute atomic E-state index is 0.0914. The molecule has 1 saturated heterocycles. The molecule has 0 saturated carbocycles. The van der Waals surface area contributed by atoms with Crippen LogP contribution in [0.5, 0.6) is 11.5 Å². The molecule has 206 valence electrons. The Bertz CT molecular complexity index is 1710. The van der Waals surface area contributed by atoms with Gasteiger partial charge in [-0.15, -0.1) is 0 Å². The Kier molecular flexibility index (Phi) is 7.10. The maximum Gasteiger partial charge on any atom is 0.174 e. The summed E-state index contributed by atoms with van der Waals surface area (Å²) in [5.41, 5.74) is 10.5. The number of rotatable bonds is 6. The molecule has 1 fully saturated rings. The Hall–Kier alpha value is -4.42. The van der Waals surface area contributed by atoms with Crippen LogP contribution in [0.2, 0.25) is 0 Å². The zero-order valence-corrected chi connectivity index (χ0v) is 24.9. The fraction of sp³-hybridized carbons (Fsp3) is 0.200. The third-order valence-corrected chi connectivity index (χ3v) is 8.39. The summed E-state index contributed by atoms with van der Waals surface area (Å²) in [5.74, 6) is 1.59. The summed E-state index contributed by atoms with van der Waals surface area (Å²) in [5, 5.41) is 4.27. The summed E-state index contributed by atoms with van der Waals surface area (Å²) >= 11 is 5.99. The number of hydrogen-bond acceptors (Lipinski definition) is 3. The van der Waals surface area contributed by atoms with E-state index in [4.69, 9.17) is 21.9 Å². The van der Waals surface area contributed by atoms with E-state index < -0.39 is 0 Å². The van der Waals surface area contributed by atoms with Crippen molar-refractivity contribution in [1.29, 1.82) is 0 Å². The molecule has 0 bridgehead atoms. The number of pyridine rings is 1. The largest absolute Gasteiger partial charge is 0.457 e. The number of nitrogens with zero attached hydrogens (tertiary/aromatic N) is 3. The summed E-state index contributed by atoms with van der Waals surface area (Å²) in [6, 6.07) is 30.9. The average molecular weight is 559 g/mol. The maximum absolute atomic E-state index is 6.11. The van der Waals surface area contributed by atoms with Crippen molar-refractivity contribution in [2.45, 2.75) is 46.7 Å². The second-order valence-corrected chi connectivity index (χ2v) is 11.2. The molecule has 1 aliphatic rings. The van der Waals surface area contributed by atoms with Crippen LogP contribution >= 0.6 is 12.2 Å². The van der Waals surface area contributed by atoms with Crippen LogP contribution in [0.3, 0.4) is 0 Å². The number of ether oxygens (including phenoxy) is 1. The van der Waals surface area contributed by atoms with Crippen molar-refractivity contribution in [3.05, 3.63) is 137 Å². The Balaban J connectivity index is 1.42. The van der Waals surface area contributed by atoms with E-state index >= 15 is 0 Å². The van der Waals surface area contributed by atoms with Crippen LogP contribution in [0.25, 0.3) is 5.69 Å². The van der Waals surface area contributed by atoms with Gasteiger partial charge in [-0.25, -0.2) is 0 Å². The van der Waals surface area contributed by atoms with E-state index in [0.29, 0.717) is 5.11 Å². The zero-order valence-electron chi connectivity index (χ0n) is 24.1. The van der Waals surface area contributed by atoms with Gasteiger partial charge in [0.25, 0.3) is 0 Å². The summed E-state index contributed by atoms with van der Waals surface area (Å²) in [6.45, 7) is 10.8. The Morgan fingerprint density at radius 3 is 2.20 bits per heavy atom. The van der Waals surface area contributed by atoms with Gasteiger partial charge in [-0.05, 0) is 124 Å². The quantitative estimate of drug-likeness (QED) is 0.212. The van der Waals surface area contributed by atoms with E-state index in [2.05, 4.69) is 104 Å². The highest BCUT2D eigenvalue weighted by molar-refractivity contribution is 7.80. The monoisotopic (exact) mass is 558 g/mol. The second kappa shape index (κ2) is 10.9. The Morgan fingerprint density at radius 2 is 1.51 bits per heavy atom. The van der Waals surface area contributed by atoms with Crippen LogP contribution in [0.1, 0.15) is 51.4 Å². The highest BCUT2D eigenvalue weighted by Gasteiger charge is 2.42. The summed E-state index contributed by atoms with van der Waals surface area (Å²) in [4.78, 5) is 6.96. The molecule has 0 radical (unpaired) electrons. The molecule has 41 heavy (non-hydrogen) atoms. The van der Waals surface area contributed by atoms with Gasteiger partial charge in [0, 0.05) is 29.0 Å². The van der Waals surface area contributed by atoms with E-state index in [1.807, 2.05) is 42.6 Å². The normalized spacial score (nSPS) is 16.6. The lowest BCUT2D eigenvalue weighted by Gasteiger charge is -2.28. The summed E-state index contributed by atoms with van der Waals surface area (Å²) in [6.07, 6.45) is 1.84. The van der Waals surface area contributed by atoms with Gasteiger partial charge >= 0.3 is 0 Å². The zero-order chi connectivity index (χ0) is 28.7. The number of aryl methyl sites for hydroxylation is 3. The van der Waals surface area contributed by atoms with Crippen molar-refractivity contribution in [2.24, 2.45) is 0 Å². The molecule has 3 heterocycles. The first-order valence-corrected chi connectivity index (χ1v) is 14.3. The van der Waals surface area contributed by atoms with Crippen molar-refractivity contribution in [3.63, 3.8) is 0 Å². The Labute approximate surface area is 247 Å². The van der Waals surface area contributed by atoms with Gasteiger partial charge in [0.05, 0.1) is 17.8 Å². The van der Waals surface area contributed by atoms with Gasteiger partial charge in [0.1, 0.15) is 11.5 Å². The van der Waals surface area contributed by atoms with Crippen molar-refractivity contribution in [2.75, 3.05) is 4.90 Å². The molecule has 3 aromatic carbocycles. The fourth-order valence-corrected chi connectivity index (χ4v) is 6.15. The van der Waals surface area contributed by atoms with Crippen LogP contribution in [-0.4, -0.2) is 14.7 Å². The van der Waals surface area contributed by atoms with Gasteiger partial charge in [0.2, 0.25) is 0 Å². The first kappa shape index (κ1) is 26.8. The lowest BCUT2D eigenvalue weighted by molar-refractivity contribution is 0.482. The maximum atomic E-state index is 6.11. The first-order chi connectivity index (χ1) is 19.8. The smallest absolute Gasteiger partial charge is 0.174 e. The van der Waals surface area contributed by atoms with Crippen molar-refractivity contribution in [3.8, 4) is 17.2 Å². The molecule has 2 unspecified atom stereocenters. The lowest BCUT2D eigenvalue weighted by atomic mass is 9.96. The number of aromatic nitrogens is 2. The van der Waals surface area contributed by atoms with Gasteiger partial charge in [0.15, 0.2) is 5.11 Å². The molecule has 5 aromatic rings. The van der Waals surface area contributed by atoms with Gasteiger partial charge in [-0.2, -0.15) is 0 Å². The van der Waals surface area contributed by atoms with Gasteiger partial charge in [-0.1, -0.05) is 35.9 Å². The van der Waals surface area contributed by atoms with Crippen molar-refractivity contribution in [1.82, 2.24) is 14.9 Å². The second-order valence-electron chi connectivity index (χ2n) is 10.8. The van der Waals surface area contributed by atoms with Crippen LogP contribution in [0.15, 0.2) is 97.2 Å². The number of anilines is 1. The number of hydrogen-bond donors (Lipinski definition) is 1. The van der Waals surface area contributed by atoms with Gasteiger partial charge < -0.3 is 19.5 Å². The van der Waals surface area contributed by atoms with Gasteiger partial charge in [-0.3, -0.25) is 4.98 Å². The molecule has 0 spiro atoms. The average Bonchev–Trinajstić information content (AvgIpc) is 3.47. The predicted molar refractivity (Wildman–Crippen MR) is 170 cm³/mol. The van der Waals surface area contributed by atoms with E-state index in [1.165, 1.54) is 39.3 Å².